The Kier molecular flexibility index (Phi) is 2.54. The van der Waals surface area contributed by atoms with Crippen LogP contribution in [0.2, 0.25) is 0 Å². The average Bonchev–Trinajstić information content (AvgIpc) is 2.40. The minimum Gasteiger partial charge on any atom is -0.391 e. The van der Waals surface area contributed by atoms with E-state index in [4.69, 9.17) is 14.6 Å². The minimum absolute atomic E-state index is 0.124. The zero-order valence-corrected chi connectivity index (χ0v) is 8.19. The number of fused-ring (bicyclic) bond motifs is 1. The standard InChI is InChI=1S/C11H14O3/c1-11(8-12)13-6-9-4-2-3-5-10(9)7-14-11/h2-5,12H,6-8H2,1H3. The lowest BCUT2D eigenvalue weighted by molar-refractivity contribution is -0.249. The van der Waals surface area contributed by atoms with E-state index in [1.807, 2.05) is 24.3 Å². The SMILES string of the molecule is CC1(CO)OCc2ccccc2CO1. The molecule has 0 unspecified atom stereocenters. The summed E-state index contributed by atoms with van der Waals surface area (Å²) in [5.74, 6) is -0.862. The van der Waals surface area contributed by atoms with Crippen LogP contribution in [0.5, 0.6) is 0 Å². The quantitative estimate of drug-likeness (QED) is 0.735. The maximum absolute atomic E-state index is 9.10. The molecular weight excluding hydrogens is 180 g/mol. The molecule has 0 spiro atoms. The summed E-state index contributed by atoms with van der Waals surface area (Å²) in [5, 5.41) is 9.10. The molecule has 0 aromatic heterocycles. The summed E-state index contributed by atoms with van der Waals surface area (Å²) in [6.07, 6.45) is 0. The molecule has 76 valence electrons. The predicted molar refractivity (Wildman–Crippen MR) is 51.5 cm³/mol. The molecule has 1 N–H and O–H groups in total. The molecule has 3 heteroatoms. The van der Waals surface area contributed by atoms with Crippen LogP contribution < -0.4 is 0 Å². The van der Waals surface area contributed by atoms with Gasteiger partial charge in [-0.2, -0.15) is 0 Å². The van der Waals surface area contributed by atoms with Gasteiger partial charge in [-0.15, -0.1) is 0 Å². The molecule has 0 saturated heterocycles. The second-order valence-corrected chi connectivity index (χ2v) is 3.64. The number of aliphatic hydroxyl groups is 1. The summed E-state index contributed by atoms with van der Waals surface area (Å²) >= 11 is 0. The van der Waals surface area contributed by atoms with Gasteiger partial charge in [-0.3, -0.25) is 0 Å². The first-order valence-corrected chi connectivity index (χ1v) is 4.69. The maximum atomic E-state index is 9.10. The number of benzene rings is 1. The third kappa shape index (κ3) is 1.80. The van der Waals surface area contributed by atoms with E-state index in [0.717, 1.165) is 11.1 Å². The molecule has 0 saturated carbocycles. The summed E-state index contributed by atoms with van der Waals surface area (Å²) in [7, 11) is 0. The third-order valence-corrected chi connectivity index (χ3v) is 2.47. The first kappa shape index (κ1) is 9.65. The highest BCUT2D eigenvalue weighted by molar-refractivity contribution is 5.26. The van der Waals surface area contributed by atoms with Crippen molar-refractivity contribution in [3.63, 3.8) is 0 Å². The largest absolute Gasteiger partial charge is 0.391 e. The molecule has 0 atom stereocenters. The van der Waals surface area contributed by atoms with Crippen molar-refractivity contribution in [1.29, 1.82) is 0 Å². The Bertz CT molecular complexity index is 295. The second-order valence-electron chi connectivity index (χ2n) is 3.64. The molecular formula is C11H14O3. The fourth-order valence-electron chi connectivity index (χ4n) is 1.43. The summed E-state index contributed by atoms with van der Waals surface area (Å²) in [6.45, 7) is 2.61. The van der Waals surface area contributed by atoms with Crippen LogP contribution in [0, 0.1) is 0 Å². The van der Waals surface area contributed by atoms with Crippen LogP contribution in [0.25, 0.3) is 0 Å². The molecule has 1 aromatic carbocycles. The van der Waals surface area contributed by atoms with E-state index < -0.39 is 5.79 Å². The van der Waals surface area contributed by atoms with E-state index in [9.17, 15) is 0 Å². The summed E-state index contributed by atoms with van der Waals surface area (Å²) in [4.78, 5) is 0. The highest BCUT2D eigenvalue weighted by atomic mass is 16.7. The molecule has 0 radical (unpaired) electrons. The van der Waals surface area contributed by atoms with Gasteiger partial charge in [-0.05, 0) is 18.1 Å². The van der Waals surface area contributed by atoms with Crippen molar-refractivity contribution in [3.8, 4) is 0 Å². The first-order valence-electron chi connectivity index (χ1n) is 4.69. The molecule has 2 rings (SSSR count). The van der Waals surface area contributed by atoms with Gasteiger partial charge in [0.05, 0.1) is 19.8 Å². The summed E-state index contributed by atoms with van der Waals surface area (Å²) in [5.41, 5.74) is 2.26. The lowest BCUT2D eigenvalue weighted by Gasteiger charge is -2.25. The van der Waals surface area contributed by atoms with Crippen LogP contribution in [0.4, 0.5) is 0 Å². The third-order valence-electron chi connectivity index (χ3n) is 2.47. The van der Waals surface area contributed by atoms with E-state index in [-0.39, 0.29) is 6.61 Å². The Balaban J connectivity index is 2.22. The Morgan fingerprint density at radius 3 is 2.14 bits per heavy atom. The Morgan fingerprint density at radius 2 is 1.71 bits per heavy atom. The van der Waals surface area contributed by atoms with Crippen LogP contribution in [0.1, 0.15) is 18.1 Å². The van der Waals surface area contributed by atoms with Gasteiger partial charge in [0.1, 0.15) is 0 Å². The van der Waals surface area contributed by atoms with Gasteiger partial charge in [-0.1, -0.05) is 24.3 Å². The molecule has 3 nitrogen and oxygen atoms in total. The van der Waals surface area contributed by atoms with Crippen molar-refractivity contribution in [1.82, 2.24) is 0 Å². The zero-order chi connectivity index (χ0) is 10.0. The fourth-order valence-corrected chi connectivity index (χ4v) is 1.43. The molecule has 1 aliphatic heterocycles. The van der Waals surface area contributed by atoms with E-state index in [0.29, 0.717) is 13.2 Å². The van der Waals surface area contributed by atoms with Gasteiger partial charge in [0.2, 0.25) is 0 Å². The van der Waals surface area contributed by atoms with Gasteiger partial charge in [0.15, 0.2) is 5.79 Å². The lowest BCUT2D eigenvalue weighted by Crippen LogP contribution is -2.34. The molecule has 0 bridgehead atoms. The normalized spacial score (nSPS) is 19.9. The minimum atomic E-state index is -0.862. The van der Waals surface area contributed by atoms with E-state index >= 15 is 0 Å². The van der Waals surface area contributed by atoms with Crippen LogP contribution in [0.15, 0.2) is 24.3 Å². The molecule has 0 fully saturated rings. The smallest absolute Gasteiger partial charge is 0.189 e. The Hall–Kier alpha value is -0.900. The van der Waals surface area contributed by atoms with Gasteiger partial charge < -0.3 is 14.6 Å². The topological polar surface area (TPSA) is 38.7 Å². The molecule has 0 aliphatic carbocycles. The van der Waals surface area contributed by atoms with Crippen LogP contribution in [-0.2, 0) is 22.7 Å². The predicted octanol–water partition coefficient (Wildman–Crippen LogP) is 1.44. The van der Waals surface area contributed by atoms with Crippen LogP contribution in [-0.4, -0.2) is 17.5 Å². The van der Waals surface area contributed by atoms with Crippen LogP contribution >= 0.6 is 0 Å². The monoisotopic (exact) mass is 194 g/mol. The van der Waals surface area contributed by atoms with Gasteiger partial charge in [0, 0.05) is 0 Å². The highest BCUT2D eigenvalue weighted by Gasteiger charge is 2.28. The molecule has 14 heavy (non-hydrogen) atoms. The van der Waals surface area contributed by atoms with E-state index in [1.54, 1.807) is 6.92 Å². The number of ether oxygens (including phenoxy) is 2. The highest BCUT2D eigenvalue weighted by Crippen LogP contribution is 2.23. The van der Waals surface area contributed by atoms with Crippen LogP contribution in [0.3, 0.4) is 0 Å². The first-order chi connectivity index (χ1) is 6.73. The molecule has 1 aromatic rings. The van der Waals surface area contributed by atoms with Crippen molar-refractivity contribution in [2.45, 2.75) is 25.9 Å². The Morgan fingerprint density at radius 1 is 1.21 bits per heavy atom. The number of rotatable bonds is 1. The van der Waals surface area contributed by atoms with Gasteiger partial charge >= 0.3 is 0 Å². The Labute approximate surface area is 83.3 Å². The summed E-state index contributed by atoms with van der Waals surface area (Å²) in [6, 6.07) is 7.98. The van der Waals surface area contributed by atoms with Crippen molar-refractivity contribution in [2.75, 3.05) is 6.61 Å². The number of aliphatic hydroxyl groups excluding tert-OH is 1. The number of hydrogen-bond acceptors (Lipinski definition) is 3. The van der Waals surface area contributed by atoms with Crippen molar-refractivity contribution < 1.29 is 14.6 Å². The maximum Gasteiger partial charge on any atom is 0.189 e. The molecule has 1 aliphatic rings. The lowest BCUT2D eigenvalue weighted by atomic mass is 10.1. The fraction of sp³-hybridized carbons (Fsp3) is 0.455. The average molecular weight is 194 g/mol. The molecule has 1 heterocycles. The van der Waals surface area contributed by atoms with E-state index in [2.05, 4.69) is 0 Å². The van der Waals surface area contributed by atoms with Crippen molar-refractivity contribution >= 4 is 0 Å². The van der Waals surface area contributed by atoms with Gasteiger partial charge in [0.25, 0.3) is 0 Å². The van der Waals surface area contributed by atoms with E-state index in [1.165, 1.54) is 0 Å². The molecule has 0 amide bonds. The zero-order valence-electron chi connectivity index (χ0n) is 8.19. The van der Waals surface area contributed by atoms with Crippen molar-refractivity contribution in [2.24, 2.45) is 0 Å². The second kappa shape index (κ2) is 3.69. The number of hydrogen-bond donors (Lipinski definition) is 1. The summed E-state index contributed by atoms with van der Waals surface area (Å²) < 4.78 is 11.0. The van der Waals surface area contributed by atoms with Gasteiger partial charge in [-0.25, -0.2) is 0 Å². The van der Waals surface area contributed by atoms with Crippen molar-refractivity contribution in [3.05, 3.63) is 35.4 Å².